The van der Waals surface area contributed by atoms with Gasteiger partial charge in [0.1, 0.15) is 12.4 Å². The number of aliphatic imine (C=N–C) groups is 1. The van der Waals surface area contributed by atoms with E-state index in [-0.39, 0.29) is 5.91 Å². The van der Waals surface area contributed by atoms with Crippen molar-refractivity contribution in [2.45, 2.75) is 6.92 Å². The maximum absolute atomic E-state index is 11.4. The van der Waals surface area contributed by atoms with E-state index in [0.717, 1.165) is 57.5 Å². The Bertz CT molecular complexity index is 615. The Kier molecular flexibility index (Phi) is 8.67. The number of rotatable bonds is 7. The van der Waals surface area contributed by atoms with Gasteiger partial charge < -0.3 is 19.9 Å². The van der Waals surface area contributed by atoms with Gasteiger partial charge in [-0.25, -0.2) is 0 Å². The van der Waals surface area contributed by atoms with Gasteiger partial charge in [-0.15, -0.1) is 0 Å². The van der Waals surface area contributed by atoms with Gasteiger partial charge in [-0.3, -0.25) is 14.7 Å². The minimum atomic E-state index is 0.163. The Morgan fingerprint density at radius 1 is 1.26 bits per heavy atom. The molecule has 0 spiro atoms. The van der Waals surface area contributed by atoms with E-state index in [1.54, 1.807) is 14.0 Å². The predicted molar refractivity (Wildman–Crippen MR) is 110 cm³/mol. The lowest BCUT2D eigenvalue weighted by atomic mass is 10.3. The van der Waals surface area contributed by atoms with Gasteiger partial charge >= 0.3 is 0 Å². The summed E-state index contributed by atoms with van der Waals surface area (Å²) < 4.78 is 5.73. The Labute approximate surface area is 166 Å². The van der Waals surface area contributed by atoms with Crippen molar-refractivity contribution in [3.05, 3.63) is 29.3 Å². The summed E-state index contributed by atoms with van der Waals surface area (Å²) in [6.07, 6.45) is 0. The number of guanidine groups is 1. The van der Waals surface area contributed by atoms with Gasteiger partial charge in [-0.1, -0.05) is 11.6 Å². The number of hydrogen-bond donors (Lipinski definition) is 1. The fourth-order valence-electron chi connectivity index (χ4n) is 2.93. The van der Waals surface area contributed by atoms with E-state index < -0.39 is 0 Å². The molecule has 0 aliphatic carbocycles. The molecular formula is C19H30ClN5O2. The van der Waals surface area contributed by atoms with Crippen LogP contribution in [0.15, 0.2) is 29.3 Å². The van der Waals surface area contributed by atoms with Crippen molar-refractivity contribution >= 4 is 23.5 Å². The van der Waals surface area contributed by atoms with Gasteiger partial charge in [0.25, 0.3) is 0 Å². The van der Waals surface area contributed by atoms with E-state index >= 15 is 0 Å². The summed E-state index contributed by atoms with van der Waals surface area (Å²) in [6, 6.07) is 7.36. The average molecular weight is 396 g/mol. The second kappa shape index (κ2) is 11.0. The molecule has 0 saturated carbocycles. The molecule has 0 bridgehead atoms. The zero-order valence-corrected chi connectivity index (χ0v) is 17.2. The first-order valence-electron chi connectivity index (χ1n) is 9.27. The molecule has 1 amide bonds. The van der Waals surface area contributed by atoms with E-state index in [4.69, 9.17) is 16.3 Å². The van der Waals surface area contributed by atoms with Crippen LogP contribution in [0, 0.1) is 0 Å². The molecule has 0 aromatic heterocycles. The fraction of sp³-hybridized carbons (Fsp3) is 0.579. The van der Waals surface area contributed by atoms with Crippen LogP contribution in [0.2, 0.25) is 5.02 Å². The summed E-state index contributed by atoms with van der Waals surface area (Å²) in [6.45, 7) is 8.13. The molecule has 1 aliphatic heterocycles. The van der Waals surface area contributed by atoms with Crippen LogP contribution in [0.5, 0.6) is 5.75 Å². The van der Waals surface area contributed by atoms with Crippen LogP contribution < -0.4 is 10.1 Å². The largest absolute Gasteiger partial charge is 0.492 e. The second-order valence-corrected chi connectivity index (χ2v) is 6.98. The molecular weight excluding hydrogens is 366 g/mol. The third-order valence-corrected chi connectivity index (χ3v) is 4.86. The predicted octanol–water partition coefficient (Wildman–Crippen LogP) is 1.39. The zero-order chi connectivity index (χ0) is 19.6. The number of benzene rings is 1. The number of piperazine rings is 1. The molecule has 0 atom stereocenters. The van der Waals surface area contributed by atoms with Crippen LogP contribution >= 0.6 is 11.6 Å². The van der Waals surface area contributed by atoms with Crippen LogP contribution in [0.3, 0.4) is 0 Å². The lowest BCUT2D eigenvalue weighted by Gasteiger charge is -2.34. The molecule has 0 unspecified atom stereocenters. The minimum Gasteiger partial charge on any atom is -0.492 e. The second-order valence-electron chi connectivity index (χ2n) is 6.55. The van der Waals surface area contributed by atoms with Gasteiger partial charge in [0.15, 0.2) is 5.96 Å². The molecule has 1 fully saturated rings. The third-order valence-electron chi connectivity index (χ3n) is 4.61. The summed E-state index contributed by atoms with van der Waals surface area (Å²) in [7, 11) is 3.77. The monoisotopic (exact) mass is 395 g/mol. The highest BCUT2D eigenvalue weighted by molar-refractivity contribution is 6.30. The summed E-state index contributed by atoms with van der Waals surface area (Å²) in [5, 5.41) is 4.09. The van der Waals surface area contributed by atoms with Crippen LogP contribution in [-0.2, 0) is 4.79 Å². The van der Waals surface area contributed by atoms with E-state index in [9.17, 15) is 4.79 Å². The maximum Gasteiger partial charge on any atom is 0.219 e. The normalized spacial score (nSPS) is 15.6. The first-order chi connectivity index (χ1) is 13.0. The summed E-state index contributed by atoms with van der Waals surface area (Å²) in [5.74, 6) is 1.81. The standard InChI is InChI=1S/C19H30ClN5O2/c1-16(26)25-12-10-24(11-13-25)9-8-22-19(21-2)23(3)14-15-27-18-6-4-17(20)5-7-18/h4-7H,8-15H2,1-3H3,(H,21,22). The first kappa shape index (κ1) is 21.3. The number of hydrogen-bond acceptors (Lipinski definition) is 4. The van der Waals surface area contributed by atoms with Gasteiger partial charge in [0.05, 0.1) is 6.54 Å². The van der Waals surface area contributed by atoms with E-state index in [1.807, 2.05) is 41.1 Å². The Hall–Kier alpha value is -1.99. The number of carbonyl (C=O) groups is 1. The van der Waals surface area contributed by atoms with Crippen molar-refractivity contribution in [1.82, 2.24) is 20.0 Å². The van der Waals surface area contributed by atoms with Crippen molar-refractivity contribution in [1.29, 1.82) is 0 Å². The molecule has 1 aromatic carbocycles. The van der Waals surface area contributed by atoms with Gasteiger partial charge in [0, 0.05) is 65.3 Å². The highest BCUT2D eigenvalue weighted by Crippen LogP contribution is 2.15. The molecule has 0 radical (unpaired) electrons. The van der Waals surface area contributed by atoms with Crippen LogP contribution in [0.1, 0.15) is 6.92 Å². The number of ether oxygens (including phenoxy) is 1. The molecule has 8 heteroatoms. The number of halogens is 1. The highest BCUT2D eigenvalue weighted by Gasteiger charge is 2.18. The summed E-state index contributed by atoms with van der Waals surface area (Å²) in [5.41, 5.74) is 0. The van der Waals surface area contributed by atoms with E-state index in [2.05, 4.69) is 15.2 Å². The Morgan fingerprint density at radius 3 is 2.52 bits per heavy atom. The van der Waals surface area contributed by atoms with Gasteiger partial charge in [-0.05, 0) is 24.3 Å². The van der Waals surface area contributed by atoms with Crippen LogP contribution in [0.25, 0.3) is 0 Å². The van der Waals surface area contributed by atoms with Gasteiger partial charge in [0.2, 0.25) is 5.91 Å². The quantitative estimate of drug-likeness (QED) is 0.558. The molecule has 1 aromatic rings. The smallest absolute Gasteiger partial charge is 0.219 e. The third kappa shape index (κ3) is 7.27. The fourth-order valence-corrected chi connectivity index (χ4v) is 3.06. The molecule has 1 N–H and O–H groups in total. The Morgan fingerprint density at radius 2 is 1.93 bits per heavy atom. The first-order valence-corrected chi connectivity index (χ1v) is 9.65. The molecule has 150 valence electrons. The van der Waals surface area contributed by atoms with E-state index in [1.165, 1.54) is 0 Å². The molecule has 7 nitrogen and oxygen atoms in total. The Balaban J connectivity index is 1.64. The van der Waals surface area contributed by atoms with Crippen molar-refractivity contribution < 1.29 is 9.53 Å². The number of nitrogens with zero attached hydrogens (tertiary/aromatic N) is 4. The zero-order valence-electron chi connectivity index (χ0n) is 16.4. The molecule has 27 heavy (non-hydrogen) atoms. The number of likely N-dealkylation sites (N-methyl/N-ethyl adjacent to an activating group) is 1. The minimum absolute atomic E-state index is 0.163. The topological polar surface area (TPSA) is 60.4 Å². The number of carbonyl (C=O) groups excluding carboxylic acids is 1. The lowest BCUT2D eigenvalue weighted by Crippen LogP contribution is -2.50. The molecule has 1 aliphatic rings. The van der Waals surface area contributed by atoms with Crippen molar-refractivity contribution in [3.8, 4) is 5.75 Å². The number of amides is 1. The molecule has 1 heterocycles. The average Bonchev–Trinajstić information content (AvgIpc) is 2.67. The van der Waals surface area contributed by atoms with E-state index in [0.29, 0.717) is 11.6 Å². The maximum atomic E-state index is 11.4. The molecule has 2 rings (SSSR count). The van der Waals surface area contributed by atoms with Gasteiger partial charge in [-0.2, -0.15) is 0 Å². The van der Waals surface area contributed by atoms with Crippen molar-refractivity contribution in [2.24, 2.45) is 4.99 Å². The summed E-state index contributed by atoms with van der Waals surface area (Å²) >= 11 is 5.87. The highest BCUT2D eigenvalue weighted by atomic mass is 35.5. The lowest BCUT2D eigenvalue weighted by molar-refractivity contribution is -0.130. The van der Waals surface area contributed by atoms with Crippen molar-refractivity contribution in [3.63, 3.8) is 0 Å². The molecule has 1 saturated heterocycles. The van der Waals surface area contributed by atoms with Crippen LogP contribution in [-0.4, -0.2) is 93.1 Å². The summed E-state index contributed by atoms with van der Waals surface area (Å²) in [4.78, 5) is 22.0. The SMILES string of the molecule is CN=C(NCCN1CCN(C(C)=O)CC1)N(C)CCOc1ccc(Cl)cc1. The van der Waals surface area contributed by atoms with Crippen LogP contribution in [0.4, 0.5) is 0 Å². The number of nitrogens with one attached hydrogen (secondary N) is 1. The van der Waals surface area contributed by atoms with Crippen molar-refractivity contribution in [2.75, 3.05) is 66.5 Å².